The lowest BCUT2D eigenvalue weighted by Crippen LogP contribution is -2.30. The minimum absolute atomic E-state index is 0.0489. The third kappa shape index (κ3) is 69.8. The maximum Gasteiger partial charge on any atom is 0.472 e. The zero-order valence-electron chi connectivity index (χ0n) is 58.0. The molecule has 0 amide bonds. The highest BCUT2D eigenvalue weighted by Crippen LogP contribution is 2.45. The van der Waals surface area contributed by atoms with Crippen LogP contribution in [-0.4, -0.2) is 95.9 Å². The number of carbonyl (C=O) groups excluding carboxylic acids is 3. The number of esters is 3. The molecule has 18 heteroatoms. The summed E-state index contributed by atoms with van der Waals surface area (Å²) in [7, 11) is -9.83. The summed E-state index contributed by atoms with van der Waals surface area (Å²) in [4.78, 5) is 58.5. The number of phosphoric ester groups is 2. The molecule has 0 rings (SSSR count). The molecule has 16 nitrogen and oxygen atoms in total. The molecule has 0 aromatic rings. The van der Waals surface area contributed by atoms with Crippen LogP contribution in [0.15, 0.2) is 182 Å². The Balaban J connectivity index is 4.82. The van der Waals surface area contributed by atoms with Crippen molar-refractivity contribution in [1.29, 1.82) is 0 Å². The van der Waals surface area contributed by atoms with Crippen LogP contribution in [0.2, 0.25) is 0 Å². The summed E-state index contributed by atoms with van der Waals surface area (Å²) in [5.41, 5.74) is 0. The summed E-state index contributed by atoms with van der Waals surface area (Å²) < 4.78 is 60.9. The molecule has 0 saturated carbocycles. The first kappa shape index (κ1) is 89.6. The molecule has 4 N–H and O–H groups in total. The van der Waals surface area contributed by atoms with E-state index in [0.717, 1.165) is 167 Å². The Morgan fingerprint density at radius 2 is 0.526 bits per heavy atom. The molecule has 0 spiro atoms. The van der Waals surface area contributed by atoms with Gasteiger partial charge in [0.25, 0.3) is 0 Å². The van der Waals surface area contributed by atoms with E-state index in [1.54, 1.807) is 0 Å². The molecule has 0 saturated heterocycles. The van der Waals surface area contributed by atoms with Crippen molar-refractivity contribution in [2.45, 2.75) is 245 Å². The minimum Gasteiger partial charge on any atom is -0.463 e. The number of aliphatic hydroxyl groups is 2. The minimum atomic E-state index is -4.96. The maximum absolute atomic E-state index is 12.9. The van der Waals surface area contributed by atoms with E-state index in [0.29, 0.717) is 19.3 Å². The molecule has 0 aliphatic carbocycles. The first-order chi connectivity index (χ1) is 46.2. The Kier molecular flexibility index (Phi) is 64.7. The predicted octanol–water partition coefficient (Wildman–Crippen LogP) is 19.9. The molecule has 0 bridgehead atoms. The van der Waals surface area contributed by atoms with Crippen molar-refractivity contribution in [3.05, 3.63) is 182 Å². The summed E-state index contributed by atoms with van der Waals surface area (Å²) in [6.07, 6.45) is 86.5. The quantitative estimate of drug-likeness (QED) is 0.0146. The van der Waals surface area contributed by atoms with Gasteiger partial charge in [-0.3, -0.25) is 32.5 Å². The molecule has 0 aliphatic heterocycles. The van der Waals surface area contributed by atoms with E-state index in [9.17, 15) is 43.5 Å². The second kappa shape index (κ2) is 68.6. The second-order valence-corrected chi connectivity index (χ2v) is 25.4. The van der Waals surface area contributed by atoms with Crippen LogP contribution in [0.3, 0.4) is 0 Å². The fraction of sp³-hybridized carbons (Fsp3) is 0.571. The number of phosphoric acid groups is 2. The van der Waals surface area contributed by atoms with Gasteiger partial charge in [0.2, 0.25) is 0 Å². The molecule has 0 heterocycles. The summed E-state index contributed by atoms with van der Waals surface area (Å²) in [5.74, 6) is -1.69. The largest absolute Gasteiger partial charge is 0.472 e. The van der Waals surface area contributed by atoms with Crippen molar-refractivity contribution >= 4 is 33.6 Å². The average molecular weight is 1370 g/mol. The number of aliphatic hydroxyl groups excluding tert-OH is 2. The van der Waals surface area contributed by atoms with Crippen LogP contribution in [-0.2, 0) is 55.8 Å². The highest BCUT2D eigenvalue weighted by atomic mass is 31.2. The van der Waals surface area contributed by atoms with Crippen molar-refractivity contribution in [2.75, 3.05) is 39.6 Å². The summed E-state index contributed by atoms with van der Waals surface area (Å²) in [5, 5.41) is 20.6. The molecule has 536 valence electrons. The standard InChI is InChI=1S/C77H122O16P2/c1-4-7-10-13-16-19-22-25-28-31-34-35-38-40-42-45-48-51-54-57-60-63-75(80)87-66-72(78)67-89-94(83,84)90-68-73(79)69-91-95(85,86)92-71-74(93-77(82)65-62-59-56-53-50-47-44-41-37-33-30-27-24-21-18-15-12-9-6-3)70-88-76(81)64-61-58-55-52-49-46-43-39-36-32-29-26-23-20-17-14-11-8-5-2/h7-12,16-21,25-30,34-37,39-42,46-47,49-50,72-74,78-79H,4-6,13-15,22-24,31-33,38,43-45,48,51-71H2,1-3H3,(H,83,84)(H,85,86)/b10-7-,11-8-,12-9-,19-16-,20-17-,21-18-,28-25-,29-26-,30-27-,35-34-,39-36-,41-37-,42-40-,49-46-,50-47-. The van der Waals surface area contributed by atoms with Crippen LogP contribution in [0.1, 0.15) is 226 Å². The number of hydrogen-bond acceptors (Lipinski definition) is 14. The van der Waals surface area contributed by atoms with Crippen LogP contribution in [0.4, 0.5) is 0 Å². The molecule has 5 unspecified atom stereocenters. The van der Waals surface area contributed by atoms with Gasteiger partial charge in [0.05, 0.1) is 26.4 Å². The summed E-state index contributed by atoms with van der Waals surface area (Å²) in [6, 6.07) is 0. The Hall–Kier alpha value is -5.35. The van der Waals surface area contributed by atoms with Crippen LogP contribution in [0, 0.1) is 0 Å². The second-order valence-electron chi connectivity index (χ2n) is 22.5. The zero-order valence-corrected chi connectivity index (χ0v) is 59.8. The Morgan fingerprint density at radius 1 is 0.295 bits per heavy atom. The molecule has 0 aliphatic rings. The van der Waals surface area contributed by atoms with Crippen molar-refractivity contribution in [3.63, 3.8) is 0 Å². The summed E-state index contributed by atoms with van der Waals surface area (Å²) >= 11 is 0. The molecule has 0 radical (unpaired) electrons. The number of ether oxygens (including phenoxy) is 3. The van der Waals surface area contributed by atoms with E-state index < -0.39 is 91.5 Å². The molecule has 5 atom stereocenters. The average Bonchev–Trinajstić information content (AvgIpc) is 1.70. The van der Waals surface area contributed by atoms with E-state index in [1.807, 2.05) is 0 Å². The van der Waals surface area contributed by atoms with Crippen LogP contribution >= 0.6 is 15.6 Å². The molecule has 95 heavy (non-hydrogen) atoms. The molecule has 0 fully saturated rings. The Labute approximate surface area is 573 Å². The third-order valence-electron chi connectivity index (χ3n) is 13.6. The zero-order chi connectivity index (χ0) is 69.5. The van der Waals surface area contributed by atoms with Gasteiger partial charge in [-0.2, -0.15) is 0 Å². The van der Waals surface area contributed by atoms with Gasteiger partial charge in [0.15, 0.2) is 6.10 Å². The Morgan fingerprint density at radius 3 is 0.842 bits per heavy atom. The molecule has 0 aromatic heterocycles. The number of allylic oxidation sites excluding steroid dienone is 30. The van der Waals surface area contributed by atoms with Crippen molar-refractivity contribution in [1.82, 2.24) is 0 Å². The lowest BCUT2D eigenvalue weighted by molar-refractivity contribution is -0.161. The van der Waals surface area contributed by atoms with Gasteiger partial charge in [-0.15, -0.1) is 0 Å². The van der Waals surface area contributed by atoms with Gasteiger partial charge in [-0.05, 0) is 154 Å². The fourth-order valence-corrected chi connectivity index (χ4v) is 9.94. The van der Waals surface area contributed by atoms with E-state index >= 15 is 0 Å². The lowest BCUT2D eigenvalue weighted by atomic mass is 10.1. The topological polar surface area (TPSA) is 231 Å². The number of hydrogen-bond donors (Lipinski definition) is 4. The third-order valence-corrected chi connectivity index (χ3v) is 15.5. The molecular formula is C77H122O16P2. The van der Waals surface area contributed by atoms with Crippen molar-refractivity contribution in [3.8, 4) is 0 Å². The van der Waals surface area contributed by atoms with Gasteiger partial charge in [0.1, 0.15) is 25.4 Å². The SMILES string of the molecule is CC/C=C\C/C=C\C/C=C\C/C=C\C/C=C\CCCCCCCC(=O)OCC(O)COP(=O)(O)OCC(O)COP(=O)(O)OCC(COC(=O)CCCCC/C=C\C/C=C\C/C=C\C/C=C\C/C=C\CC)OC(=O)CCCCC/C=C\C/C=C\C/C=C\C/C=C\C/C=C\CC. The normalized spacial score (nSPS) is 15.2. The van der Waals surface area contributed by atoms with E-state index in [1.165, 1.54) is 0 Å². The van der Waals surface area contributed by atoms with Gasteiger partial charge < -0.3 is 34.2 Å². The van der Waals surface area contributed by atoms with Crippen molar-refractivity contribution < 1.29 is 75.8 Å². The predicted molar refractivity (Wildman–Crippen MR) is 389 cm³/mol. The summed E-state index contributed by atoms with van der Waals surface area (Å²) in [6.45, 7) is 2.18. The highest BCUT2D eigenvalue weighted by Gasteiger charge is 2.29. The number of carbonyl (C=O) groups is 3. The van der Waals surface area contributed by atoms with Crippen molar-refractivity contribution in [2.24, 2.45) is 0 Å². The highest BCUT2D eigenvalue weighted by molar-refractivity contribution is 7.47. The van der Waals surface area contributed by atoms with Crippen LogP contribution in [0.5, 0.6) is 0 Å². The first-order valence-electron chi connectivity index (χ1n) is 35.1. The van der Waals surface area contributed by atoms with Gasteiger partial charge in [-0.1, -0.05) is 235 Å². The van der Waals surface area contributed by atoms with Gasteiger partial charge in [0, 0.05) is 19.3 Å². The van der Waals surface area contributed by atoms with E-state index in [2.05, 4.69) is 203 Å². The lowest BCUT2D eigenvalue weighted by Gasteiger charge is -2.21. The first-order valence-corrected chi connectivity index (χ1v) is 38.1. The van der Waals surface area contributed by atoms with Crippen LogP contribution in [0.25, 0.3) is 0 Å². The Bertz CT molecular complexity index is 2460. The fourth-order valence-electron chi connectivity index (χ4n) is 8.35. The van der Waals surface area contributed by atoms with Gasteiger partial charge in [-0.25, -0.2) is 9.13 Å². The monoisotopic (exact) mass is 1360 g/mol. The number of rotatable bonds is 64. The molecular weight excluding hydrogens is 1240 g/mol. The smallest absolute Gasteiger partial charge is 0.463 e. The van der Waals surface area contributed by atoms with E-state index in [4.69, 9.17) is 32.3 Å². The van der Waals surface area contributed by atoms with Crippen LogP contribution < -0.4 is 0 Å². The molecule has 0 aromatic carbocycles. The number of unbranched alkanes of at least 4 members (excludes halogenated alkanes) is 11. The van der Waals surface area contributed by atoms with Gasteiger partial charge >= 0.3 is 33.6 Å². The maximum atomic E-state index is 12.9. The van der Waals surface area contributed by atoms with E-state index in [-0.39, 0.29) is 19.3 Å².